The molecule has 0 N–H and O–H groups in total. The summed E-state index contributed by atoms with van der Waals surface area (Å²) in [5.41, 5.74) is 2.19. The Morgan fingerprint density at radius 3 is 2.17 bits per heavy atom. The number of rotatable bonds is 9. The zero-order chi connectivity index (χ0) is 20.6. The van der Waals surface area contributed by atoms with Gasteiger partial charge in [-0.05, 0) is 31.9 Å². The first-order chi connectivity index (χ1) is 14.2. The number of nitrogens with zero attached hydrogens (tertiary/aromatic N) is 4. The predicted molar refractivity (Wildman–Crippen MR) is 118 cm³/mol. The lowest BCUT2D eigenvalue weighted by Crippen LogP contribution is -2.34. The summed E-state index contributed by atoms with van der Waals surface area (Å²) in [4.78, 5) is 15.1. The minimum absolute atomic E-state index is 0.112. The van der Waals surface area contributed by atoms with Crippen LogP contribution in [-0.4, -0.2) is 38.7 Å². The van der Waals surface area contributed by atoms with Crippen LogP contribution in [0.2, 0.25) is 0 Å². The second-order valence-corrected chi connectivity index (χ2v) is 7.80. The number of amides is 1. The minimum Gasteiger partial charge on any atom is -0.342 e. The molecule has 1 amide bonds. The lowest BCUT2D eigenvalue weighted by atomic mass is 10.1. The van der Waals surface area contributed by atoms with Gasteiger partial charge in [-0.2, -0.15) is 0 Å². The maximum atomic E-state index is 13.3. The molecule has 1 atom stereocenters. The van der Waals surface area contributed by atoms with E-state index in [1.54, 1.807) is 0 Å². The molecule has 0 bridgehead atoms. The quantitative estimate of drug-likeness (QED) is 0.486. The summed E-state index contributed by atoms with van der Waals surface area (Å²) in [7, 11) is 0. The van der Waals surface area contributed by atoms with Crippen molar-refractivity contribution in [3.8, 4) is 0 Å². The van der Waals surface area contributed by atoms with Gasteiger partial charge in [0.2, 0.25) is 5.91 Å². The number of hydrogen-bond acceptors (Lipinski definition) is 4. The van der Waals surface area contributed by atoms with Crippen molar-refractivity contribution in [3.63, 3.8) is 0 Å². The Labute approximate surface area is 177 Å². The number of benzene rings is 2. The van der Waals surface area contributed by atoms with E-state index in [1.807, 2.05) is 67.3 Å². The van der Waals surface area contributed by atoms with Crippen molar-refractivity contribution in [2.45, 2.75) is 44.1 Å². The largest absolute Gasteiger partial charge is 0.342 e. The van der Waals surface area contributed by atoms with Crippen LogP contribution in [0.1, 0.15) is 43.0 Å². The standard InChI is InChI=1S/C23H28N4OS/c1-4-26(5-2)22(28)21(19-15-11-8-12-16-19)29-23-25-24-20(27(23)6-3)17-18-13-9-7-10-14-18/h7-16,21H,4-6,17H2,1-3H3. The summed E-state index contributed by atoms with van der Waals surface area (Å²) >= 11 is 1.49. The molecule has 5 nitrogen and oxygen atoms in total. The molecule has 0 radical (unpaired) electrons. The van der Waals surface area contributed by atoms with Gasteiger partial charge in [0.25, 0.3) is 0 Å². The molecule has 0 aliphatic heterocycles. The number of thioether (sulfide) groups is 1. The van der Waals surface area contributed by atoms with Gasteiger partial charge in [0.1, 0.15) is 11.1 Å². The van der Waals surface area contributed by atoms with Crippen molar-refractivity contribution in [1.82, 2.24) is 19.7 Å². The molecule has 6 heteroatoms. The van der Waals surface area contributed by atoms with Crippen LogP contribution in [0.25, 0.3) is 0 Å². The van der Waals surface area contributed by atoms with Crippen LogP contribution in [0.5, 0.6) is 0 Å². The third kappa shape index (κ3) is 5.07. The second kappa shape index (κ2) is 10.3. The summed E-state index contributed by atoms with van der Waals surface area (Å²) in [5, 5.41) is 9.33. The fourth-order valence-corrected chi connectivity index (χ4v) is 4.53. The molecule has 152 valence electrons. The SMILES string of the molecule is CCN(CC)C(=O)C(Sc1nnc(Cc2ccccc2)n1CC)c1ccccc1. The van der Waals surface area contributed by atoms with Gasteiger partial charge in [-0.1, -0.05) is 72.4 Å². The Kier molecular flexibility index (Phi) is 7.47. The highest BCUT2D eigenvalue weighted by molar-refractivity contribution is 8.00. The van der Waals surface area contributed by atoms with E-state index in [4.69, 9.17) is 0 Å². The average Bonchev–Trinajstić information content (AvgIpc) is 3.15. The van der Waals surface area contributed by atoms with Crippen LogP contribution in [0.15, 0.2) is 65.8 Å². The van der Waals surface area contributed by atoms with E-state index >= 15 is 0 Å². The number of aromatic nitrogens is 3. The Bertz CT molecular complexity index is 907. The fraction of sp³-hybridized carbons (Fsp3) is 0.348. The molecule has 0 spiro atoms. The third-order valence-corrected chi connectivity index (χ3v) is 6.16. The number of likely N-dealkylation sites (N-methyl/N-ethyl adjacent to an activating group) is 1. The Morgan fingerprint density at radius 1 is 0.966 bits per heavy atom. The summed E-state index contributed by atoms with van der Waals surface area (Å²) in [6.07, 6.45) is 0.724. The third-order valence-electron chi connectivity index (χ3n) is 4.94. The highest BCUT2D eigenvalue weighted by Gasteiger charge is 2.28. The molecule has 1 heterocycles. The number of carbonyl (C=O) groups is 1. The second-order valence-electron chi connectivity index (χ2n) is 6.72. The van der Waals surface area contributed by atoms with Crippen LogP contribution in [0.4, 0.5) is 0 Å². The van der Waals surface area contributed by atoms with E-state index in [1.165, 1.54) is 17.3 Å². The summed E-state index contributed by atoms with van der Waals surface area (Å²) in [6, 6.07) is 20.2. The molecular formula is C23H28N4OS. The normalized spacial score (nSPS) is 12.0. The monoisotopic (exact) mass is 408 g/mol. The van der Waals surface area contributed by atoms with E-state index in [-0.39, 0.29) is 11.2 Å². The predicted octanol–water partition coefficient (Wildman–Crippen LogP) is 4.59. The number of carbonyl (C=O) groups excluding carboxylic acids is 1. The van der Waals surface area contributed by atoms with E-state index in [9.17, 15) is 4.79 Å². The summed E-state index contributed by atoms with van der Waals surface area (Å²) < 4.78 is 2.11. The number of hydrogen-bond donors (Lipinski definition) is 0. The summed E-state index contributed by atoms with van der Waals surface area (Å²) in [5.74, 6) is 1.03. The summed E-state index contributed by atoms with van der Waals surface area (Å²) in [6.45, 7) is 8.27. The van der Waals surface area contributed by atoms with Crippen LogP contribution < -0.4 is 0 Å². The molecule has 0 fully saturated rings. The van der Waals surface area contributed by atoms with Crippen molar-refractivity contribution >= 4 is 17.7 Å². The van der Waals surface area contributed by atoms with Crippen molar-refractivity contribution in [1.29, 1.82) is 0 Å². The van der Waals surface area contributed by atoms with Crippen LogP contribution in [0.3, 0.4) is 0 Å². The van der Waals surface area contributed by atoms with Gasteiger partial charge in [0.15, 0.2) is 5.16 Å². The fourth-order valence-electron chi connectivity index (χ4n) is 3.33. The first kappa shape index (κ1) is 21.1. The molecule has 1 unspecified atom stereocenters. The van der Waals surface area contributed by atoms with Crippen molar-refractivity contribution < 1.29 is 4.79 Å². The molecule has 0 saturated heterocycles. The molecule has 1 aromatic heterocycles. The first-order valence-corrected chi connectivity index (χ1v) is 11.0. The molecule has 0 saturated carbocycles. The Balaban J connectivity index is 1.90. The van der Waals surface area contributed by atoms with Gasteiger partial charge in [-0.3, -0.25) is 4.79 Å². The minimum atomic E-state index is -0.338. The van der Waals surface area contributed by atoms with Crippen molar-refractivity contribution in [2.24, 2.45) is 0 Å². The van der Waals surface area contributed by atoms with E-state index in [2.05, 4.69) is 33.8 Å². The van der Waals surface area contributed by atoms with E-state index in [0.717, 1.165) is 29.5 Å². The topological polar surface area (TPSA) is 51.0 Å². The van der Waals surface area contributed by atoms with Gasteiger partial charge >= 0.3 is 0 Å². The zero-order valence-electron chi connectivity index (χ0n) is 17.3. The van der Waals surface area contributed by atoms with Crippen molar-refractivity contribution in [3.05, 3.63) is 77.6 Å². The Hall–Kier alpha value is -2.60. The van der Waals surface area contributed by atoms with E-state index < -0.39 is 0 Å². The van der Waals surface area contributed by atoms with Gasteiger partial charge in [-0.25, -0.2) is 0 Å². The molecular weight excluding hydrogens is 380 g/mol. The smallest absolute Gasteiger partial charge is 0.240 e. The van der Waals surface area contributed by atoms with Crippen LogP contribution in [-0.2, 0) is 17.8 Å². The van der Waals surface area contributed by atoms with Gasteiger partial charge in [-0.15, -0.1) is 10.2 Å². The van der Waals surface area contributed by atoms with Gasteiger partial charge in [0, 0.05) is 26.1 Å². The molecule has 3 aromatic rings. The van der Waals surface area contributed by atoms with Crippen molar-refractivity contribution in [2.75, 3.05) is 13.1 Å². The molecule has 29 heavy (non-hydrogen) atoms. The maximum absolute atomic E-state index is 13.3. The van der Waals surface area contributed by atoms with Crippen LogP contribution in [0, 0.1) is 0 Å². The average molecular weight is 409 g/mol. The highest BCUT2D eigenvalue weighted by Crippen LogP contribution is 2.36. The molecule has 3 rings (SSSR count). The zero-order valence-corrected chi connectivity index (χ0v) is 18.1. The Morgan fingerprint density at radius 2 is 1.59 bits per heavy atom. The molecule has 2 aromatic carbocycles. The highest BCUT2D eigenvalue weighted by atomic mass is 32.2. The van der Waals surface area contributed by atoms with Gasteiger partial charge < -0.3 is 9.47 Å². The first-order valence-electron chi connectivity index (χ1n) is 10.1. The molecule has 0 aliphatic rings. The molecule has 0 aliphatic carbocycles. The lowest BCUT2D eigenvalue weighted by molar-refractivity contribution is -0.130. The lowest BCUT2D eigenvalue weighted by Gasteiger charge is -2.25. The van der Waals surface area contributed by atoms with Gasteiger partial charge in [0.05, 0.1) is 0 Å². The van der Waals surface area contributed by atoms with E-state index in [0.29, 0.717) is 13.1 Å². The van der Waals surface area contributed by atoms with Crippen LogP contribution >= 0.6 is 11.8 Å². The maximum Gasteiger partial charge on any atom is 0.240 e.